The van der Waals surface area contributed by atoms with Gasteiger partial charge >= 0.3 is 0 Å². The minimum Gasteiger partial charge on any atom is -0.508 e. The maximum absolute atomic E-state index is 13.4. The number of phenols is 2. The second kappa shape index (κ2) is 16.3. The standard InChI is InChI=1S/C40H52N4O6/c1-28(30-9-10-30)44(23-20-41-19-14-31-11-13-35(46)38-39(31)50-27-36(47)42-38)37(48)16-25-49-24-15-29-8-12-34(45)33(26-29)40(17-21-43(2)22-18-40)32-6-4-3-5-7-32/h3-8,11-13,26,28,30,41,45-46H,9-10,14-25,27H2,1-2H3,(H,42,47)/t28-/m1/s1. The van der Waals surface area contributed by atoms with Crippen LogP contribution < -0.4 is 15.4 Å². The van der Waals surface area contributed by atoms with Crippen molar-refractivity contribution in [3.63, 3.8) is 0 Å². The molecule has 1 saturated carbocycles. The fourth-order valence-corrected chi connectivity index (χ4v) is 7.54. The first-order valence-electron chi connectivity index (χ1n) is 18.2. The number of nitrogens with zero attached hydrogens (tertiary/aromatic N) is 2. The number of hydrogen-bond acceptors (Lipinski definition) is 8. The molecule has 0 aromatic heterocycles. The second-order valence-corrected chi connectivity index (χ2v) is 14.2. The summed E-state index contributed by atoms with van der Waals surface area (Å²) in [5, 5.41) is 27.3. The Balaban J connectivity index is 0.976. The Bertz CT molecular complexity index is 1620. The van der Waals surface area contributed by atoms with E-state index in [-0.39, 0.29) is 35.6 Å². The van der Waals surface area contributed by atoms with Crippen molar-refractivity contribution in [3.05, 3.63) is 82.9 Å². The fourth-order valence-electron chi connectivity index (χ4n) is 7.54. The van der Waals surface area contributed by atoms with E-state index in [1.54, 1.807) is 6.07 Å². The Labute approximate surface area is 295 Å². The summed E-state index contributed by atoms with van der Waals surface area (Å²) < 4.78 is 11.6. The third kappa shape index (κ3) is 8.42. The number of carbonyl (C=O) groups is 2. The molecule has 2 amide bonds. The molecule has 0 unspecified atom stereocenters. The van der Waals surface area contributed by atoms with Crippen LogP contribution in [0.15, 0.2) is 60.7 Å². The van der Waals surface area contributed by atoms with Gasteiger partial charge in [-0.25, -0.2) is 0 Å². The van der Waals surface area contributed by atoms with E-state index in [0.717, 1.165) is 55.5 Å². The van der Waals surface area contributed by atoms with Crippen molar-refractivity contribution in [2.24, 2.45) is 5.92 Å². The van der Waals surface area contributed by atoms with Gasteiger partial charge in [0.25, 0.3) is 5.91 Å². The Morgan fingerprint density at radius 2 is 1.80 bits per heavy atom. The number of fused-ring (bicyclic) bond motifs is 1. The van der Waals surface area contributed by atoms with Crippen molar-refractivity contribution in [1.29, 1.82) is 0 Å². The van der Waals surface area contributed by atoms with Gasteiger partial charge in [-0.05, 0) is 107 Å². The Hall–Kier alpha value is -4.12. The summed E-state index contributed by atoms with van der Waals surface area (Å²) in [6.45, 7) is 6.85. The summed E-state index contributed by atoms with van der Waals surface area (Å²) in [6, 6.07) is 20.1. The minimum atomic E-state index is -0.283. The fraction of sp³-hybridized carbons (Fsp3) is 0.500. The first kappa shape index (κ1) is 35.7. The van der Waals surface area contributed by atoms with Crippen LogP contribution in [-0.4, -0.2) is 97.5 Å². The zero-order valence-electron chi connectivity index (χ0n) is 29.5. The lowest BCUT2D eigenvalue weighted by atomic mass is 9.67. The predicted molar refractivity (Wildman–Crippen MR) is 194 cm³/mol. The van der Waals surface area contributed by atoms with Gasteiger partial charge in [0.15, 0.2) is 12.4 Å². The number of hydrogen-bond donors (Lipinski definition) is 4. The largest absolute Gasteiger partial charge is 0.508 e. The average molecular weight is 685 g/mol. The molecule has 1 aliphatic carbocycles. The maximum atomic E-state index is 13.4. The predicted octanol–water partition coefficient (Wildman–Crippen LogP) is 4.85. The molecule has 3 aromatic rings. The normalized spacial score (nSPS) is 17.8. The summed E-state index contributed by atoms with van der Waals surface area (Å²) in [7, 11) is 2.16. The van der Waals surface area contributed by atoms with Gasteiger partial charge in [0, 0.05) is 30.1 Å². The molecule has 2 fully saturated rings. The van der Waals surface area contributed by atoms with Crippen LogP contribution >= 0.6 is 0 Å². The lowest BCUT2D eigenvalue weighted by Gasteiger charge is -2.42. The van der Waals surface area contributed by atoms with E-state index >= 15 is 0 Å². The Morgan fingerprint density at radius 1 is 1.04 bits per heavy atom. The molecule has 2 aliphatic heterocycles. The highest BCUT2D eigenvalue weighted by Crippen LogP contribution is 2.45. The molecule has 0 bridgehead atoms. The van der Waals surface area contributed by atoms with Crippen LogP contribution in [0.1, 0.15) is 61.3 Å². The van der Waals surface area contributed by atoms with E-state index in [1.165, 1.54) is 5.56 Å². The lowest BCUT2D eigenvalue weighted by molar-refractivity contribution is -0.134. The molecule has 0 spiro atoms. The van der Waals surface area contributed by atoms with E-state index in [1.807, 2.05) is 29.2 Å². The molecule has 4 N–H and O–H groups in total. The third-order valence-corrected chi connectivity index (χ3v) is 10.8. The number of carbonyl (C=O) groups excluding carboxylic acids is 2. The van der Waals surface area contributed by atoms with E-state index < -0.39 is 0 Å². The topological polar surface area (TPSA) is 124 Å². The summed E-state index contributed by atoms with van der Waals surface area (Å²) in [6.07, 6.45) is 5.92. The Morgan fingerprint density at radius 3 is 2.56 bits per heavy atom. The van der Waals surface area contributed by atoms with Crippen molar-refractivity contribution in [2.45, 2.75) is 63.3 Å². The lowest BCUT2D eigenvalue weighted by Crippen LogP contribution is -2.44. The maximum Gasteiger partial charge on any atom is 0.262 e. The zero-order valence-corrected chi connectivity index (χ0v) is 29.5. The molecule has 50 heavy (non-hydrogen) atoms. The number of amides is 2. The number of anilines is 1. The van der Waals surface area contributed by atoms with Gasteiger partial charge in [-0.3, -0.25) is 9.59 Å². The zero-order chi connectivity index (χ0) is 35.1. The van der Waals surface area contributed by atoms with Gasteiger partial charge in [0.2, 0.25) is 5.91 Å². The number of nitrogens with one attached hydrogen (secondary N) is 2. The quantitative estimate of drug-likeness (QED) is 0.125. The number of piperidine rings is 1. The molecule has 0 radical (unpaired) electrons. The number of benzene rings is 3. The van der Waals surface area contributed by atoms with Crippen molar-refractivity contribution < 1.29 is 29.3 Å². The van der Waals surface area contributed by atoms with Crippen LogP contribution in [-0.2, 0) is 32.6 Å². The van der Waals surface area contributed by atoms with E-state index in [2.05, 4.69) is 59.8 Å². The van der Waals surface area contributed by atoms with Crippen LogP contribution in [0.25, 0.3) is 0 Å². The van der Waals surface area contributed by atoms with Gasteiger partial charge < -0.3 is 40.1 Å². The molecule has 1 saturated heterocycles. The van der Waals surface area contributed by atoms with Crippen LogP contribution in [0.2, 0.25) is 0 Å². The van der Waals surface area contributed by atoms with Crippen molar-refractivity contribution in [3.8, 4) is 17.2 Å². The molecule has 6 rings (SSSR count). The van der Waals surface area contributed by atoms with Crippen molar-refractivity contribution in [1.82, 2.24) is 15.1 Å². The van der Waals surface area contributed by atoms with E-state index in [4.69, 9.17) is 9.47 Å². The molecule has 268 valence electrons. The van der Waals surface area contributed by atoms with Crippen LogP contribution in [0.3, 0.4) is 0 Å². The van der Waals surface area contributed by atoms with Gasteiger partial charge in [0.05, 0.1) is 19.6 Å². The van der Waals surface area contributed by atoms with Gasteiger partial charge in [-0.2, -0.15) is 0 Å². The first-order chi connectivity index (χ1) is 24.2. The van der Waals surface area contributed by atoms with Crippen LogP contribution in [0.4, 0.5) is 5.69 Å². The minimum absolute atomic E-state index is 0.00814. The second-order valence-electron chi connectivity index (χ2n) is 14.2. The average Bonchev–Trinajstić information content (AvgIpc) is 3.98. The van der Waals surface area contributed by atoms with Crippen LogP contribution in [0, 0.1) is 5.92 Å². The molecule has 3 aromatic carbocycles. The summed E-state index contributed by atoms with van der Waals surface area (Å²) >= 11 is 0. The monoisotopic (exact) mass is 684 g/mol. The number of aromatic hydroxyl groups is 2. The molecule has 1 atom stereocenters. The molecular formula is C40H52N4O6. The van der Waals surface area contributed by atoms with E-state index in [0.29, 0.717) is 75.2 Å². The SMILES string of the molecule is C[C@H](C1CC1)N(CCNCCc1ccc(O)c2c1OCC(=O)N2)C(=O)CCOCCc1ccc(O)c(C2(c3ccccc3)CCN(C)CC2)c1. The molecule has 3 aliphatic rings. The Kier molecular flexibility index (Phi) is 11.6. The molecule has 10 heteroatoms. The number of phenolic OH excluding ortho intramolecular Hbond substituents is 2. The highest BCUT2D eigenvalue weighted by Gasteiger charge is 2.39. The molecule has 10 nitrogen and oxygen atoms in total. The van der Waals surface area contributed by atoms with Gasteiger partial charge in [0.1, 0.15) is 17.2 Å². The number of likely N-dealkylation sites (tertiary alicyclic amines) is 1. The summed E-state index contributed by atoms with van der Waals surface area (Å²) in [4.78, 5) is 29.5. The number of ether oxygens (including phenoxy) is 2. The number of rotatable bonds is 16. The first-order valence-corrected chi connectivity index (χ1v) is 18.2. The molecular weight excluding hydrogens is 632 g/mol. The van der Waals surface area contributed by atoms with Crippen molar-refractivity contribution in [2.75, 3.05) is 64.9 Å². The van der Waals surface area contributed by atoms with Crippen LogP contribution in [0.5, 0.6) is 17.2 Å². The summed E-state index contributed by atoms with van der Waals surface area (Å²) in [5.74, 6) is 1.24. The highest BCUT2D eigenvalue weighted by molar-refractivity contribution is 5.97. The van der Waals surface area contributed by atoms with Crippen molar-refractivity contribution >= 4 is 17.5 Å². The third-order valence-electron chi connectivity index (χ3n) is 10.8. The van der Waals surface area contributed by atoms with E-state index in [9.17, 15) is 19.8 Å². The van der Waals surface area contributed by atoms with Gasteiger partial charge in [-0.15, -0.1) is 0 Å². The summed E-state index contributed by atoms with van der Waals surface area (Å²) in [5.41, 5.74) is 4.37. The molecule has 2 heterocycles. The van der Waals surface area contributed by atoms with Gasteiger partial charge in [-0.1, -0.05) is 48.5 Å². The highest BCUT2D eigenvalue weighted by atomic mass is 16.5. The smallest absolute Gasteiger partial charge is 0.262 e.